The van der Waals surface area contributed by atoms with E-state index in [1.165, 1.54) is 12.0 Å². The Balaban J connectivity index is 1.54. The first-order valence-corrected chi connectivity index (χ1v) is 8.36. The van der Waals surface area contributed by atoms with Gasteiger partial charge in [0.2, 0.25) is 11.8 Å². The molecule has 2 amide bonds. The van der Waals surface area contributed by atoms with E-state index < -0.39 is 5.97 Å². The van der Waals surface area contributed by atoms with E-state index in [1.807, 2.05) is 0 Å². The van der Waals surface area contributed by atoms with Crippen molar-refractivity contribution in [3.05, 3.63) is 42.0 Å². The van der Waals surface area contributed by atoms with Crippen LogP contribution in [0.3, 0.4) is 0 Å². The average molecular weight is 323 g/mol. The van der Waals surface area contributed by atoms with Crippen molar-refractivity contribution in [3.8, 4) is 0 Å². The van der Waals surface area contributed by atoms with Crippen LogP contribution in [0.5, 0.6) is 0 Å². The zero-order chi connectivity index (χ0) is 16.6. The van der Waals surface area contributed by atoms with Gasteiger partial charge in [-0.15, -0.1) is 0 Å². The van der Waals surface area contributed by atoms with Crippen molar-refractivity contribution >= 4 is 23.5 Å². The monoisotopic (exact) mass is 323 g/mol. The van der Waals surface area contributed by atoms with Crippen LogP contribution in [0.2, 0.25) is 0 Å². The minimum atomic E-state index is -0.476. The molecule has 5 aliphatic rings. The molecule has 1 aromatic rings. The van der Waals surface area contributed by atoms with Gasteiger partial charge >= 0.3 is 5.97 Å². The molecular formula is C19H17NO4. The van der Waals surface area contributed by atoms with Crippen molar-refractivity contribution < 1.29 is 19.1 Å². The predicted octanol–water partition coefficient (Wildman–Crippen LogP) is 2.03. The lowest BCUT2D eigenvalue weighted by Crippen LogP contribution is -2.40. The zero-order valence-electron chi connectivity index (χ0n) is 13.2. The van der Waals surface area contributed by atoms with Crippen LogP contribution >= 0.6 is 0 Å². The second-order valence-electron chi connectivity index (χ2n) is 7.21. The molecule has 5 nitrogen and oxygen atoms in total. The van der Waals surface area contributed by atoms with E-state index in [0.29, 0.717) is 23.1 Å². The van der Waals surface area contributed by atoms with Gasteiger partial charge in [-0.25, -0.2) is 9.69 Å². The highest BCUT2D eigenvalue weighted by Crippen LogP contribution is 2.65. The number of benzene rings is 1. The maximum absolute atomic E-state index is 13.0. The van der Waals surface area contributed by atoms with Crippen LogP contribution < -0.4 is 4.90 Å². The van der Waals surface area contributed by atoms with E-state index in [0.717, 1.165) is 6.42 Å². The SMILES string of the molecule is COC(=O)c1cccc(N2C(=O)[C@@H]3[C@H]4C=C[C@@H]([C@@H]5C[C@@H]45)[C@H]3C2=O)c1. The molecule has 4 aliphatic carbocycles. The van der Waals surface area contributed by atoms with Crippen LogP contribution in [0.25, 0.3) is 0 Å². The Labute approximate surface area is 139 Å². The standard InChI is InChI=1S/C19H17NO4/c1-24-19(23)9-3-2-4-10(7-9)20-17(21)15-11-5-6-12(14-8-13(11)14)16(15)18(20)22/h2-7,11-16H,8H2,1H3/t11-,12-,13-,14-,15+,16+/m0/s1. The fourth-order valence-corrected chi connectivity index (χ4v) is 5.10. The molecule has 0 aromatic heterocycles. The lowest BCUT2D eigenvalue weighted by atomic mass is 9.63. The van der Waals surface area contributed by atoms with E-state index >= 15 is 0 Å². The van der Waals surface area contributed by atoms with Crippen molar-refractivity contribution in [2.24, 2.45) is 35.5 Å². The fraction of sp³-hybridized carbons (Fsp3) is 0.421. The number of esters is 1. The molecule has 2 bridgehead atoms. The van der Waals surface area contributed by atoms with Crippen molar-refractivity contribution in [2.45, 2.75) is 6.42 Å². The molecule has 0 radical (unpaired) electrons. The lowest BCUT2D eigenvalue weighted by Gasteiger charge is -2.37. The summed E-state index contributed by atoms with van der Waals surface area (Å²) in [5.74, 6) is 0.421. The van der Waals surface area contributed by atoms with E-state index in [1.54, 1.807) is 24.3 Å². The van der Waals surface area contributed by atoms with Gasteiger partial charge in [0, 0.05) is 0 Å². The molecule has 0 spiro atoms. The predicted molar refractivity (Wildman–Crippen MR) is 85.0 cm³/mol. The average Bonchev–Trinajstić information content (AvgIpc) is 3.38. The second kappa shape index (κ2) is 4.56. The molecule has 6 rings (SSSR count). The van der Waals surface area contributed by atoms with Gasteiger partial charge in [0.1, 0.15) is 0 Å². The molecule has 3 fully saturated rings. The summed E-state index contributed by atoms with van der Waals surface area (Å²) in [6.07, 6.45) is 5.45. The van der Waals surface area contributed by atoms with Gasteiger partial charge in [-0.3, -0.25) is 9.59 Å². The molecule has 1 saturated heterocycles. The summed E-state index contributed by atoms with van der Waals surface area (Å²) in [4.78, 5) is 39.0. The van der Waals surface area contributed by atoms with Crippen LogP contribution in [0.15, 0.2) is 36.4 Å². The summed E-state index contributed by atoms with van der Waals surface area (Å²) >= 11 is 0. The molecule has 1 aromatic carbocycles. The minimum Gasteiger partial charge on any atom is -0.465 e. The summed E-state index contributed by atoms with van der Waals surface area (Å²) < 4.78 is 4.73. The molecule has 1 aliphatic heterocycles. The number of nitrogens with zero attached hydrogens (tertiary/aromatic N) is 1. The van der Waals surface area contributed by atoms with Crippen molar-refractivity contribution in [1.82, 2.24) is 0 Å². The first-order chi connectivity index (χ1) is 11.6. The first kappa shape index (κ1) is 14.0. The van der Waals surface area contributed by atoms with Gasteiger partial charge < -0.3 is 4.74 Å². The molecule has 0 unspecified atom stereocenters. The Morgan fingerprint density at radius 3 is 2.29 bits per heavy atom. The molecule has 6 atom stereocenters. The van der Waals surface area contributed by atoms with Crippen molar-refractivity contribution in [2.75, 3.05) is 12.0 Å². The number of carbonyl (C=O) groups excluding carboxylic acids is 3. The summed E-state index contributed by atoms with van der Waals surface area (Å²) in [7, 11) is 1.31. The maximum atomic E-state index is 13.0. The largest absolute Gasteiger partial charge is 0.465 e. The Hall–Kier alpha value is -2.43. The van der Waals surface area contributed by atoms with Crippen LogP contribution in [-0.4, -0.2) is 24.9 Å². The molecular weight excluding hydrogens is 306 g/mol. The number of anilines is 1. The summed E-state index contributed by atoms with van der Waals surface area (Å²) in [6.45, 7) is 0. The summed E-state index contributed by atoms with van der Waals surface area (Å²) in [6, 6.07) is 6.56. The van der Waals surface area contributed by atoms with Gasteiger partial charge in [0.25, 0.3) is 0 Å². The number of methoxy groups -OCH3 is 1. The number of rotatable bonds is 2. The van der Waals surface area contributed by atoms with Gasteiger partial charge in [0.05, 0.1) is 30.2 Å². The van der Waals surface area contributed by atoms with Crippen molar-refractivity contribution in [3.63, 3.8) is 0 Å². The normalized spacial score (nSPS) is 38.1. The van der Waals surface area contributed by atoms with E-state index in [4.69, 9.17) is 4.74 Å². The topological polar surface area (TPSA) is 63.7 Å². The Bertz CT molecular complexity index is 777. The highest BCUT2D eigenvalue weighted by Gasteiger charge is 2.67. The molecule has 5 heteroatoms. The Morgan fingerprint density at radius 1 is 1.08 bits per heavy atom. The number of hydrogen-bond acceptors (Lipinski definition) is 4. The summed E-state index contributed by atoms with van der Waals surface area (Å²) in [5.41, 5.74) is 0.810. The van der Waals surface area contributed by atoms with E-state index in [-0.39, 0.29) is 35.5 Å². The lowest BCUT2D eigenvalue weighted by molar-refractivity contribution is -0.124. The number of amides is 2. The van der Waals surface area contributed by atoms with Crippen LogP contribution in [0.4, 0.5) is 5.69 Å². The summed E-state index contributed by atoms with van der Waals surface area (Å²) in [5, 5.41) is 0. The molecule has 24 heavy (non-hydrogen) atoms. The highest BCUT2D eigenvalue weighted by molar-refractivity contribution is 6.22. The van der Waals surface area contributed by atoms with Crippen LogP contribution in [0, 0.1) is 35.5 Å². The number of ether oxygens (including phenoxy) is 1. The number of carbonyl (C=O) groups is 3. The quantitative estimate of drug-likeness (QED) is 0.475. The van der Waals surface area contributed by atoms with Gasteiger partial charge in [0.15, 0.2) is 0 Å². The highest BCUT2D eigenvalue weighted by atomic mass is 16.5. The smallest absolute Gasteiger partial charge is 0.337 e. The van der Waals surface area contributed by atoms with Gasteiger partial charge in [-0.1, -0.05) is 18.2 Å². The molecule has 1 heterocycles. The minimum absolute atomic E-state index is 0.114. The van der Waals surface area contributed by atoms with E-state index in [2.05, 4.69) is 12.2 Å². The Kier molecular flexibility index (Phi) is 2.65. The third kappa shape index (κ3) is 1.62. The number of imide groups is 1. The molecule has 2 saturated carbocycles. The maximum Gasteiger partial charge on any atom is 0.337 e. The van der Waals surface area contributed by atoms with Crippen LogP contribution in [-0.2, 0) is 14.3 Å². The number of hydrogen-bond donors (Lipinski definition) is 0. The Morgan fingerprint density at radius 2 is 1.71 bits per heavy atom. The molecule has 122 valence electrons. The van der Waals surface area contributed by atoms with E-state index in [9.17, 15) is 14.4 Å². The second-order valence-corrected chi connectivity index (χ2v) is 7.21. The van der Waals surface area contributed by atoms with Gasteiger partial charge in [-0.2, -0.15) is 0 Å². The third-order valence-electron chi connectivity index (χ3n) is 6.19. The number of allylic oxidation sites excluding steroid dienone is 2. The van der Waals surface area contributed by atoms with Crippen molar-refractivity contribution in [1.29, 1.82) is 0 Å². The van der Waals surface area contributed by atoms with Gasteiger partial charge in [-0.05, 0) is 48.3 Å². The zero-order valence-corrected chi connectivity index (χ0v) is 13.2. The van der Waals surface area contributed by atoms with Crippen LogP contribution in [0.1, 0.15) is 16.8 Å². The fourth-order valence-electron chi connectivity index (χ4n) is 5.10. The third-order valence-corrected chi connectivity index (χ3v) is 6.19. The molecule has 0 N–H and O–H groups in total. The first-order valence-electron chi connectivity index (χ1n) is 8.36.